The van der Waals surface area contributed by atoms with Crippen molar-refractivity contribution < 1.29 is 9.34 Å². The largest absolute Gasteiger partial charge is 0.422 e. The molecular weight excluding hydrogens is 530 g/mol. The van der Waals surface area contributed by atoms with Crippen LogP contribution in [0.1, 0.15) is 10.6 Å². The number of nitro benzene ring substituents is 1. The monoisotopic (exact) mass is 539 g/mol. The first-order chi connectivity index (χ1) is 15.9. The van der Waals surface area contributed by atoms with Gasteiger partial charge in [-0.1, -0.05) is 39.7 Å². The average Bonchev–Trinajstić information content (AvgIpc) is 3.28. The lowest BCUT2D eigenvalue weighted by molar-refractivity contribution is -0.384. The zero-order valence-corrected chi connectivity index (χ0v) is 19.6. The number of halogens is 2. The van der Waals surface area contributed by atoms with Crippen LogP contribution in [0, 0.1) is 21.4 Å². The molecule has 0 atom stereocenters. The number of aromatic nitrogens is 1. The summed E-state index contributed by atoms with van der Waals surface area (Å²) in [7, 11) is 0. The molecule has 2 aromatic heterocycles. The number of nitro groups is 1. The molecule has 0 saturated carbocycles. The molecule has 0 unspecified atom stereocenters. The van der Waals surface area contributed by atoms with Crippen LogP contribution in [0.2, 0.25) is 0 Å². The van der Waals surface area contributed by atoms with Gasteiger partial charge in [-0.25, -0.2) is 9.78 Å². The first kappa shape index (κ1) is 22.6. The van der Waals surface area contributed by atoms with Crippen LogP contribution in [-0.4, -0.2) is 9.91 Å². The molecule has 0 amide bonds. The number of hydrogen-bond acceptors (Lipinski definition) is 7. The Balaban J connectivity index is 1.69. The highest BCUT2D eigenvalue weighted by Gasteiger charge is 2.15. The maximum Gasteiger partial charge on any atom is 0.345 e. The Labute approximate surface area is 204 Å². The SMILES string of the molecule is N#C/C(=C\C=C(/Cl)c1ccc(Br)cc1)c1nc(-c2cc3cc([N+](=O)[O-])ccc3oc2=O)cs1. The molecule has 0 N–H and O–H groups in total. The maximum atomic E-state index is 12.5. The third-order valence-electron chi connectivity index (χ3n) is 4.57. The van der Waals surface area contributed by atoms with Crippen LogP contribution in [0.15, 0.2) is 79.7 Å². The third kappa shape index (κ3) is 4.93. The number of nitriles is 1. The molecule has 0 fully saturated rings. The minimum atomic E-state index is -0.631. The van der Waals surface area contributed by atoms with Crippen molar-refractivity contribution in [3.05, 3.63) is 102 Å². The summed E-state index contributed by atoms with van der Waals surface area (Å²) < 4.78 is 6.21. The smallest absolute Gasteiger partial charge is 0.345 e. The number of benzene rings is 2. The molecule has 10 heteroatoms. The van der Waals surface area contributed by atoms with E-state index in [1.807, 2.05) is 24.3 Å². The number of fused-ring (bicyclic) bond motifs is 1. The van der Waals surface area contributed by atoms with Crippen LogP contribution in [-0.2, 0) is 0 Å². The molecule has 0 aliphatic rings. The second-order valence-electron chi connectivity index (χ2n) is 6.68. The summed E-state index contributed by atoms with van der Waals surface area (Å²) in [5, 5.41) is 23.5. The molecule has 2 heterocycles. The van der Waals surface area contributed by atoms with Gasteiger partial charge in [0.25, 0.3) is 5.69 Å². The fraction of sp³-hybridized carbons (Fsp3) is 0. The Morgan fingerprint density at radius 1 is 1.21 bits per heavy atom. The van der Waals surface area contributed by atoms with Gasteiger partial charge in [0.05, 0.1) is 21.8 Å². The lowest BCUT2D eigenvalue weighted by atomic mass is 10.1. The lowest BCUT2D eigenvalue weighted by Crippen LogP contribution is -2.03. The first-order valence-corrected chi connectivity index (χ1v) is 11.3. The highest BCUT2D eigenvalue weighted by molar-refractivity contribution is 9.10. The number of allylic oxidation sites excluding steroid dienone is 3. The van der Waals surface area contributed by atoms with Crippen LogP contribution in [0.3, 0.4) is 0 Å². The van der Waals surface area contributed by atoms with Gasteiger partial charge in [0.1, 0.15) is 16.7 Å². The number of non-ortho nitro benzene ring substituents is 1. The van der Waals surface area contributed by atoms with Crippen molar-refractivity contribution in [2.24, 2.45) is 0 Å². The van der Waals surface area contributed by atoms with E-state index < -0.39 is 10.5 Å². The molecule has 0 spiro atoms. The van der Waals surface area contributed by atoms with Gasteiger partial charge in [-0.05, 0) is 42.0 Å². The Bertz CT molecular complexity index is 1550. The molecule has 2 aromatic carbocycles. The first-order valence-electron chi connectivity index (χ1n) is 9.28. The predicted octanol–water partition coefficient (Wildman–Crippen LogP) is 6.77. The van der Waals surface area contributed by atoms with Gasteiger partial charge >= 0.3 is 5.63 Å². The zero-order chi connectivity index (χ0) is 23.5. The van der Waals surface area contributed by atoms with Crippen molar-refractivity contribution >= 4 is 66.1 Å². The molecule has 4 rings (SSSR count). The van der Waals surface area contributed by atoms with Crippen LogP contribution >= 0.6 is 38.9 Å². The second-order valence-corrected chi connectivity index (χ2v) is 8.86. The zero-order valence-electron chi connectivity index (χ0n) is 16.5. The molecular formula is C23H11BrClN3O4S. The molecule has 162 valence electrons. The highest BCUT2D eigenvalue weighted by Crippen LogP contribution is 2.28. The van der Waals surface area contributed by atoms with Crippen molar-refractivity contribution in [3.8, 4) is 17.3 Å². The number of hydrogen-bond donors (Lipinski definition) is 0. The number of thiazole rings is 1. The summed E-state index contributed by atoms with van der Waals surface area (Å²) in [6, 6.07) is 14.9. The van der Waals surface area contributed by atoms with E-state index >= 15 is 0 Å². The molecule has 33 heavy (non-hydrogen) atoms. The molecule has 0 aliphatic carbocycles. The van der Waals surface area contributed by atoms with Gasteiger partial charge in [-0.2, -0.15) is 5.26 Å². The lowest BCUT2D eigenvalue weighted by Gasteiger charge is -2.00. The third-order valence-corrected chi connectivity index (χ3v) is 6.32. The molecule has 7 nitrogen and oxygen atoms in total. The predicted molar refractivity (Wildman–Crippen MR) is 132 cm³/mol. The highest BCUT2D eigenvalue weighted by atomic mass is 79.9. The van der Waals surface area contributed by atoms with E-state index in [1.54, 1.807) is 17.5 Å². The minimum Gasteiger partial charge on any atom is -0.422 e. The fourth-order valence-electron chi connectivity index (χ4n) is 2.94. The standard InChI is InChI=1S/C23H11BrClN3O4S/c24-16-4-1-13(2-5-16)19(25)7-3-14(11-26)22-27-20(12-33-22)18-10-15-9-17(28(30)31)6-8-21(15)32-23(18)29/h1-10,12H/b14-3+,19-7-. The summed E-state index contributed by atoms with van der Waals surface area (Å²) >= 11 is 10.9. The van der Waals surface area contributed by atoms with E-state index in [2.05, 4.69) is 27.0 Å². The maximum absolute atomic E-state index is 12.5. The number of rotatable bonds is 5. The van der Waals surface area contributed by atoms with Gasteiger partial charge in [0.15, 0.2) is 0 Å². The van der Waals surface area contributed by atoms with Crippen molar-refractivity contribution in [1.82, 2.24) is 4.98 Å². The Morgan fingerprint density at radius 2 is 1.97 bits per heavy atom. The van der Waals surface area contributed by atoms with Crippen molar-refractivity contribution in [2.45, 2.75) is 0 Å². The Kier molecular flexibility index (Phi) is 6.51. The van der Waals surface area contributed by atoms with Gasteiger partial charge in [-0.15, -0.1) is 11.3 Å². The summed E-state index contributed by atoms with van der Waals surface area (Å²) in [4.78, 5) is 27.4. The van der Waals surface area contributed by atoms with Crippen LogP contribution in [0.5, 0.6) is 0 Å². The van der Waals surface area contributed by atoms with Crippen LogP contribution < -0.4 is 5.63 Å². The molecule has 0 bridgehead atoms. The molecule has 4 aromatic rings. The van der Waals surface area contributed by atoms with Gasteiger partial charge in [0.2, 0.25) is 0 Å². The van der Waals surface area contributed by atoms with Crippen molar-refractivity contribution in [3.63, 3.8) is 0 Å². The van der Waals surface area contributed by atoms with E-state index in [0.29, 0.717) is 21.1 Å². The second kappa shape index (κ2) is 9.50. The van der Waals surface area contributed by atoms with Gasteiger partial charge < -0.3 is 4.42 Å². The average molecular weight is 541 g/mol. The summed E-state index contributed by atoms with van der Waals surface area (Å²) in [6.45, 7) is 0. The van der Waals surface area contributed by atoms with Crippen molar-refractivity contribution in [1.29, 1.82) is 5.26 Å². The van der Waals surface area contributed by atoms with Crippen LogP contribution in [0.25, 0.3) is 32.8 Å². The Hall–Kier alpha value is -3.58. The van der Waals surface area contributed by atoms with E-state index in [0.717, 1.165) is 10.0 Å². The quantitative estimate of drug-likeness (QED) is 0.0907. The summed E-state index contributed by atoms with van der Waals surface area (Å²) in [6.07, 6.45) is 3.16. The topological polar surface area (TPSA) is 110 Å². The van der Waals surface area contributed by atoms with E-state index in [1.165, 1.54) is 35.6 Å². The normalized spacial score (nSPS) is 12.0. The number of nitrogens with zero attached hydrogens (tertiary/aromatic N) is 3. The summed E-state index contributed by atoms with van der Waals surface area (Å²) in [5.74, 6) is 0. The minimum absolute atomic E-state index is 0.120. The van der Waals surface area contributed by atoms with Gasteiger partial charge in [-0.3, -0.25) is 10.1 Å². The fourth-order valence-corrected chi connectivity index (χ4v) is 4.19. The van der Waals surface area contributed by atoms with E-state index in [-0.39, 0.29) is 22.4 Å². The molecule has 0 saturated heterocycles. The van der Waals surface area contributed by atoms with E-state index in [4.69, 9.17) is 16.0 Å². The van der Waals surface area contributed by atoms with Crippen LogP contribution in [0.4, 0.5) is 5.69 Å². The molecule has 0 radical (unpaired) electrons. The molecule has 0 aliphatic heterocycles. The van der Waals surface area contributed by atoms with Gasteiger partial charge in [0, 0.05) is 32.4 Å². The Morgan fingerprint density at radius 3 is 2.67 bits per heavy atom. The summed E-state index contributed by atoms with van der Waals surface area (Å²) in [5.41, 5.74) is 0.986. The van der Waals surface area contributed by atoms with Crippen molar-refractivity contribution in [2.75, 3.05) is 0 Å². The van der Waals surface area contributed by atoms with E-state index in [9.17, 15) is 20.2 Å².